The molecule has 0 atom stereocenters. The molecule has 0 aliphatic rings. The van der Waals surface area contributed by atoms with Crippen molar-refractivity contribution < 1.29 is 9.53 Å². The highest BCUT2D eigenvalue weighted by Gasteiger charge is 2.15. The van der Waals surface area contributed by atoms with Crippen molar-refractivity contribution in [2.45, 2.75) is 12.1 Å². The van der Waals surface area contributed by atoms with Gasteiger partial charge in [0.05, 0.1) is 35.2 Å². The minimum Gasteiger partial charge on any atom is -0.497 e. The molecule has 0 spiro atoms. The van der Waals surface area contributed by atoms with Crippen LogP contribution in [0.4, 0.5) is 0 Å². The lowest BCUT2D eigenvalue weighted by Crippen LogP contribution is -2.24. The second-order valence-corrected chi connectivity index (χ2v) is 9.24. The van der Waals surface area contributed by atoms with Crippen LogP contribution in [0.25, 0.3) is 27.4 Å². The van der Waals surface area contributed by atoms with Crippen LogP contribution in [0.15, 0.2) is 106 Å². The Morgan fingerprint density at radius 3 is 2.43 bits per heavy atom. The molecule has 0 aliphatic carbocycles. The first-order valence-electron chi connectivity index (χ1n) is 11.7. The van der Waals surface area contributed by atoms with Gasteiger partial charge < -0.3 is 4.74 Å². The van der Waals surface area contributed by atoms with Crippen LogP contribution < -0.4 is 15.7 Å². The first kappa shape index (κ1) is 24.3. The number of para-hydroxylation sites is 1. The van der Waals surface area contributed by atoms with E-state index in [0.717, 1.165) is 16.3 Å². The average molecular weight is 509 g/mol. The maximum atomic E-state index is 13.4. The van der Waals surface area contributed by atoms with Gasteiger partial charge in [-0.1, -0.05) is 66.4 Å². The normalized spacial score (nSPS) is 11.6. The van der Waals surface area contributed by atoms with Crippen molar-refractivity contribution in [1.29, 1.82) is 0 Å². The molecule has 7 nitrogen and oxygen atoms in total. The zero-order valence-electron chi connectivity index (χ0n) is 20.3. The van der Waals surface area contributed by atoms with Crippen molar-refractivity contribution in [3.05, 3.63) is 107 Å². The van der Waals surface area contributed by atoms with Crippen molar-refractivity contribution in [2.75, 3.05) is 12.9 Å². The van der Waals surface area contributed by atoms with Gasteiger partial charge in [-0.2, -0.15) is 5.10 Å². The van der Waals surface area contributed by atoms with Crippen LogP contribution in [0.3, 0.4) is 0 Å². The second-order valence-electron chi connectivity index (χ2n) is 8.30. The fourth-order valence-corrected chi connectivity index (χ4v) is 4.88. The number of benzene rings is 4. The summed E-state index contributed by atoms with van der Waals surface area (Å²) in [6, 6.07) is 28.4. The molecule has 1 aromatic heterocycles. The fourth-order valence-electron chi connectivity index (χ4n) is 4.08. The van der Waals surface area contributed by atoms with Gasteiger partial charge in [-0.05, 0) is 54.1 Å². The number of rotatable bonds is 7. The molecule has 5 rings (SSSR count). The number of fused-ring (bicyclic) bond motifs is 2. The largest absolute Gasteiger partial charge is 0.497 e. The van der Waals surface area contributed by atoms with Crippen molar-refractivity contribution >= 4 is 45.1 Å². The number of nitrogens with one attached hydrogen (secondary N) is 1. The number of carbonyl (C=O) groups excluding carboxylic acids is 1. The summed E-state index contributed by atoms with van der Waals surface area (Å²) in [5, 5.41) is 7.42. The SMILES string of the molecule is COc1ccc(-n2c(SCC(=O)N/N=C(/C)c3cccc4ccccc34)nc3ccccc3c2=O)cc1. The third-order valence-corrected chi connectivity index (χ3v) is 6.87. The molecule has 0 saturated carbocycles. The molecule has 0 saturated heterocycles. The average Bonchev–Trinajstić information content (AvgIpc) is 2.94. The van der Waals surface area contributed by atoms with E-state index in [1.165, 1.54) is 16.3 Å². The molecule has 1 heterocycles. The molecule has 8 heteroatoms. The van der Waals surface area contributed by atoms with E-state index >= 15 is 0 Å². The van der Waals surface area contributed by atoms with E-state index in [-0.39, 0.29) is 17.2 Å². The van der Waals surface area contributed by atoms with Crippen molar-refractivity contribution in [2.24, 2.45) is 5.10 Å². The molecule has 0 fully saturated rings. The predicted molar refractivity (Wildman–Crippen MR) is 149 cm³/mol. The van der Waals surface area contributed by atoms with Crippen molar-refractivity contribution in [1.82, 2.24) is 15.0 Å². The smallest absolute Gasteiger partial charge is 0.266 e. The Labute approximate surface area is 217 Å². The molecule has 0 bridgehead atoms. The van der Waals surface area contributed by atoms with Crippen molar-refractivity contribution in [3.63, 3.8) is 0 Å². The number of nitrogens with zero attached hydrogens (tertiary/aromatic N) is 3. The highest BCUT2D eigenvalue weighted by Crippen LogP contribution is 2.23. The summed E-state index contributed by atoms with van der Waals surface area (Å²) >= 11 is 1.18. The van der Waals surface area contributed by atoms with Crippen LogP contribution in [0.5, 0.6) is 5.75 Å². The fraction of sp³-hybridized carbons (Fsp3) is 0.103. The minimum absolute atomic E-state index is 0.0350. The first-order valence-corrected chi connectivity index (χ1v) is 12.6. The lowest BCUT2D eigenvalue weighted by Gasteiger charge is -2.13. The van der Waals surface area contributed by atoms with E-state index in [0.29, 0.717) is 33.2 Å². The molecule has 1 amide bonds. The number of thioether (sulfide) groups is 1. The number of hydrazone groups is 1. The van der Waals surface area contributed by atoms with Gasteiger partial charge >= 0.3 is 0 Å². The quantitative estimate of drug-likeness (QED) is 0.142. The molecule has 37 heavy (non-hydrogen) atoms. The summed E-state index contributed by atoms with van der Waals surface area (Å²) in [4.78, 5) is 30.8. The standard InChI is InChI=1S/C29H24N4O3S/c1-19(23-12-7-9-20-8-3-4-10-24(20)23)31-32-27(34)18-37-29-30-26-13-6-5-11-25(26)28(35)33(29)21-14-16-22(36-2)17-15-21/h3-17H,18H2,1-2H3,(H,32,34)/b31-19-. The van der Waals surface area contributed by atoms with Gasteiger partial charge in [0.15, 0.2) is 5.16 Å². The van der Waals surface area contributed by atoms with E-state index in [4.69, 9.17) is 4.74 Å². The minimum atomic E-state index is -0.298. The van der Waals surface area contributed by atoms with Gasteiger partial charge in [0.2, 0.25) is 0 Å². The number of methoxy groups -OCH3 is 1. The second kappa shape index (κ2) is 10.7. The molecule has 4 aromatic carbocycles. The Morgan fingerprint density at radius 2 is 1.65 bits per heavy atom. The maximum Gasteiger partial charge on any atom is 0.266 e. The molecule has 1 N–H and O–H groups in total. The van der Waals surface area contributed by atoms with Gasteiger partial charge in [-0.3, -0.25) is 14.2 Å². The van der Waals surface area contributed by atoms with Gasteiger partial charge in [-0.15, -0.1) is 0 Å². The lowest BCUT2D eigenvalue weighted by atomic mass is 10.0. The van der Waals surface area contributed by atoms with Gasteiger partial charge in [-0.25, -0.2) is 10.4 Å². The Hall–Kier alpha value is -4.43. The van der Waals surface area contributed by atoms with Crippen LogP contribution >= 0.6 is 11.8 Å². The van der Waals surface area contributed by atoms with Crippen LogP contribution in [0.2, 0.25) is 0 Å². The zero-order valence-corrected chi connectivity index (χ0v) is 21.2. The van der Waals surface area contributed by atoms with E-state index in [2.05, 4.69) is 15.5 Å². The monoisotopic (exact) mass is 508 g/mol. The molecular formula is C29H24N4O3S. The molecule has 5 aromatic rings. The van der Waals surface area contributed by atoms with E-state index in [1.54, 1.807) is 49.6 Å². The van der Waals surface area contributed by atoms with Gasteiger partial charge in [0.1, 0.15) is 5.75 Å². The molecule has 0 radical (unpaired) electrons. The molecule has 184 valence electrons. The third-order valence-electron chi connectivity index (χ3n) is 5.94. The summed E-state index contributed by atoms with van der Waals surface area (Å²) in [5.74, 6) is 0.416. The highest BCUT2D eigenvalue weighted by atomic mass is 32.2. The van der Waals surface area contributed by atoms with E-state index in [1.807, 2.05) is 55.5 Å². The number of hydrogen-bond donors (Lipinski definition) is 1. The van der Waals surface area contributed by atoms with Crippen LogP contribution in [-0.4, -0.2) is 34.0 Å². The van der Waals surface area contributed by atoms with Crippen molar-refractivity contribution in [3.8, 4) is 11.4 Å². The topological polar surface area (TPSA) is 85.6 Å². The summed E-state index contributed by atoms with van der Waals surface area (Å²) in [6.45, 7) is 1.86. The van der Waals surface area contributed by atoms with Gasteiger partial charge in [0.25, 0.3) is 11.5 Å². The van der Waals surface area contributed by atoms with Crippen LogP contribution in [0, 0.1) is 0 Å². The molecule has 0 aliphatic heterocycles. The summed E-state index contributed by atoms with van der Waals surface area (Å²) in [7, 11) is 1.59. The van der Waals surface area contributed by atoms with E-state index in [9.17, 15) is 9.59 Å². The predicted octanol–water partition coefficient (Wildman–Crippen LogP) is 5.18. The Bertz CT molecular complexity index is 1690. The van der Waals surface area contributed by atoms with Crippen LogP contribution in [0.1, 0.15) is 12.5 Å². The number of aromatic nitrogens is 2. The molecular weight excluding hydrogens is 484 g/mol. The number of amides is 1. The van der Waals surface area contributed by atoms with E-state index < -0.39 is 0 Å². The Kier molecular flexibility index (Phi) is 7.00. The maximum absolute atomic E-state index is 13.4. The van der Waals surface area contributed by atoms with Crippen LogP contribution in [-0.2, 0) is 4.79 Å². The Balaban J connectivity index is 1.39. The molecule has 0 unspecified atom stereocenters. The first-order chi connectivity index (χ1) is 18.0. The number of ether oxygens (including phenoxy) is 1. The summed E-state index contributed by atoms with van der Waals surface area (Å²) in [5.41, 5.74) is 5.30. The third kappa shape index (κ3) is 5.10. The Morgan fingerprint density at radius 1 is 0.946 bits per heavy atom. The van der Waals surface area contributed by atoms with Gasteiger partial charge in [0, 0.05) is 5.56 Å². The lowest BCUT2D eigenvalue weighted by molar-refractivity contribution is -0.118. The number of carbonyl (C=O) groups is 1. The summed E-state index contributed by atoms with van der Waals surface area (Å²) in [6.07, 6.45) is 0. The number of hydrogen-bond acceptors (Lipinski definition) is 6. The highest BCUT2D eigenvalue weighted by molar-refractivity contribution is 7.99. The summed E-state index contributed by atoms with van der Waals surface area (Å²) < 4.78 is 6.76. The zero-order chi connectivity index (χ0) is 25.8.